The molecule has 0 bridgehead atoms. The van der Waals surface area contributed by atoms with Gasteiger partial charge in [-0.15, -0.1) is 0 Å². The van der Waals surface area contributed by atoms with Gasteiger partial charge in [0, 0.05) is 18.3 Å². The quantitative estimate of drug-likeness (QED) is 0.774. The van der Waals surface area contributed by atoms with Gasteiger partial charge in [0.15, 0.2) is 6.10 Å². The van der Waals surface area contributed by atoms with Crippen LogP contribution in [0.25, 0.3) is 5.78 Å². The fraction of sp³-hybridized carbons (Fsp3) is 0.333. The first-order valence-electron chi connectivity index (χ1n) is 8.59. The van der Waals surface area contributed by atoms with E-state index in [0.29, 0.717) is 29.7 Å². The smallest absolute Gasteiger partial charge is 0.261 e. The number of aromatic nitrogens is 4. The van der Waals surface area contributed by atoms with Crippen LogP contribution in [-0.2, 0) is 4.79 Å². The minimum absolute atomic E-state index is 0.0522. The van der Waals surface area contributed by atoms with Crippen molar-refractivity contribution in [3.8, 4) is 17.4 Å². The maximum absolute atomic E-state index is 12.0. The van der Waals surface area contributed by atoms with Gasteiger partial charge in [-0.1, -0.05) is 0 Å². The van der Waals surface area contributed by atoms with Gasteiger partial charge in [-0.2, -0.15) is 14.6 Å². The number of hydrogen-bond donors (Lipinski definition) is 1. The number of ether oxygens (including phenoxy) is 2. The van der Waals surface area contributed by atoms with E-state index in [9.17, 15) is 4.79 Å². The molecule has 0 saturated carbocycles. The minimum Gasteiger partial charge on any atom is -0.481 e. The summed E-state index contributed by atoms with van der Waals surface area (Å²) in [5.74, 6) is 2.23. The number of hydrogen-bond acceptors (Lipinski definition) is 6. The molecular formula is C18H19N5O3. The van der Waals surface area contributed by atoms with Crippen LogP contribution in [0.3, 0.4) is 0 Å². The third kappa shape index (κ3) is 3.44. The summed E-state index contributed by atoms with van der Waals surface area (Å²) in [6, 6.07) is 8.97. The lowest BCUT2D eigenvalue weighted by molar-refractivity contribution is -0.127. The van der Waals surface area contributed by atoms with E-state index in [1.807, 2.05) is 6.92 Å². The van der Waals surface area contributed by atoms with Gasteiger partial charge in [0.2, 0.25) is 5.88 Å². The molecule has 1 amide bonds. The van der Waals surface area contributed by atoms with Gasteiger partial charge >= 0.3 is 0 Å². The molecule has 2 aromatic heterocycles. The Bertz CT molecular complexity index is 922. The van der Waals surface area contributed by atoms with Gasteiger partial charge in [-0.25, -0.2) is 4.98 Å². The number of benzene rings is 1. The maximum Gasteiger partial charge on any atom is 0.261 e. The van der Waals surface area contributed by atoms with Gasteiger partial charge in [0.1, 0.15) is 17.8 Å². The molecule has 1 unspecified atom stereocenters. The monoisotopic (exact) mass is 353 g/mol. The summed E-state index contributed by atoms with van der Waals surface area (Å²) >= 11 is 0. The third-order valence-corrected chi connectivity index (χ3v) is 4.16. The largest absolute Gasteiger partial charge is 0.481 e. The number of fused-ring (bicyclic) bond motifs is 1. The Balaban J connectivity index is 1.49. The van der Waals surface area contributed by atoms with E-state index in [1.54, 1.807) is 30.3 Å². The predicted molar refractivity (Wildman–Crippen MR) is 93.3 cm³/mol. The van der Waals surface area contributed by atoms with E-state index >= 15 is 0 Å². The van der Waals surface area contributed by atoms with Crippen molar-refractivity contribution in [1.82, 2.24) is 24.9 Å². The number of rotatable bonds is 4. The summed E-state index contributed by atoms with van der Waals surface area (Å²) in [6.07, 6.45) is 3.68. The molecule has 1 fully saturated rings. The SMILES string of the molecule is Cc1cc(Oc2ccc(OC3CCCCNC3=O)cc2)n2ncnc2n1. The molecule has 1 aliphatic rings. The highest BCUT2D eigenvalue weighted by molar-refractivity contribution is 5.81. The number of carbonyl (C=O) groups excluding carboxylic acids is 1. The van der Waals surface area contributed by atoms with E-state index < -0.39 is 6.10 Å². The maximum atomic E-state index is 12.0. The highest BCUT2D eigenvalue weighted by Gasteiger charge is 2.22. The van der Waals surface area contributed by atoms with E-state index in [4.69, 9.17) is 9.47 Å². The zero-order chi connectivity index (χ0) is 17.9. The Hall–Kier alpha value is -3.16. The number of amides is 1. The Kier molecular flexibility index (Phi) is 4.39. The molecule has 1 saturated heterocycles. The third-order valence-electron chi connectivity index (χ3n) is 4.16. The predicted octanol–water partition coefficient (Wildman–Crippen LogP) is 2.27. The zero-order valence-electron chi connectivity index (χ0n) is 14.4. The summed E-state index contributed by atoms with van der Waals surface area (Å²) in [5.41, 5.74) is 0.792. The molecule has 1 atom stereocenters. The fourth-order valence-corrected chi connectivity index (χ4v) is 2.86. The van der Waals surface area contributed by atoms with Gasteiger partial charge in [-0.05, 0) is 50.5 Å². The second-order valence-corrected chi connectivity index (χ2v) is 6.17. The van der Waals surface area contributed by atoms with Crippen molar-refractivity contribution in [3.63, 3.8) is 0 Å². The standard InChI is InChI=1S/C18H19N5O3/c1-12-10-16(23-18(22-12)20-11-21-23)26-14-7-5-13(6-8-14)25-15-4-2-3-9-19-17(15)24/h5-8,10-11,15H,2-4,9H2,1H3,(H,19,24). The lowest BCUT2D eigenvalue weighted by atomic mass is 10.2. The molecule has 8 heteroatoms. The average Bonchev–Trinajstić information content (AvgIpc) is 3.01. The summed E-state index contributed by atoms with van der Waals surface area (Å²) in [4.78, 5) is 20.3. The van der Waals surface area contributed by atoms with Gasteiger partial charge in [0.25, 0.3) is 11.7 Å². The molecule has 0 aliphatic carbocycles. The number of aryl methyl sites for hydroxylation is 1. The first-order chi connectivity index (χ1) is 12.7. The van der Waals surface area contributed by atoms with Crippen molar-refractivity contribution >= 4 is 11.7 Å². The highest BCUT2D eigenvalue weighted by Crippen LogP contribution is 2.25. The second kappa shape index (κ2) is 6.99. The summed E-state index contributed by atoms with van der Waals surface area (Å²) in [6.45, 7) is 2.59. The molecular weight excluding hydrogens is 334 g/mol. The molecule has 3 heterocycles. The van der Waals surface area contributed by atoms with Crippen LogP contribution in [0, 0.1) is 6.92 Å². The van der Waals surface area contributed by atoms with E-state index in [-0.39, 0.29) is 5.91 Å². The summed E-state index contributed by atoms with van der Waals surface area (Å²) < 4.78 is 13.3. The van der Waals surface area contributed by atoms with Gasteiger partial charge < -0.3 is 14.8 Å². The Labute approximate surface area is 150 Å². The second-order valence-electron chi connectivity index (χ2n) is 6.17. The highest BCUT2D eigenvalue weighted by atomic mass is 16.5. The van der Waals surface area contributed by atoms with Crippen molar-refractivity contribution in [2.75, 3.05) is 6.54 Å². The van der Waals surface area contributed by atoms with Crippen molar-refractivity contribution in [3.05, 3.63) is 42.4 Å². The molecule has 0 radical (unpaired) electrons. The van der Waals surface area contributed by atoms with Gasteiger partial charge in [0.05, 0.1) is 0 Å². The molecule has 1 N–H and O–H groups in total. The molecule has 1 aliphatic heterocycles. The average molecular weight is 353 g/mol. The van der Waals surface area contributed by atoms with Crippen molar-refractivity contribution in [2.45, 2.75) is 32.3 Å². The number of carbonyl (C=O) groups is 1. The Morgan fingerprint density at radius 2 is 2.00 bits per heavy atom. The van der Waals surface area contributed by atoms with Crippen molar-refractivity contribution in [1.29, 1.82) is 0 Å². The van der Waals surface area contributed by atoms with Crippen LogP contribution in [-0.4, -0.2) is 38.1 Å². The first-order valence-corrected chi connectivity index (χ1v) is 8.59. The zero-order valence-corrected chi connectivity index (χ0v) is 14.4. The lowest BCUT2D eigenvalue weighted by Gasteiger charge is -2.16. The Morgan fingerprint density at radius 1 is 1.19 bits per heavy atom. The molecule has 3 aromatic rings. The van der Waals surface area contributed by atoms with Crippen LogP contribution < -0.4 is 14.8 Å². The van der Waals surface area contributed by atoms with Crippen LogP contribution in [0.2, 0.25) is 0 Å². The van der Waals surface area contributed by atoms with E-state index in [0.717, 1.165) is 25.0 Å². The normalized spacial score (nSPS) is 17.6. The number of nitrogens with zero attached hydrogens (tertiary/aromatic N) is 4. The van der Waals surface area contributed by atoms with Crippen LogP contribution in [0.15, 0.2) is 36.7 Å². The molecule has 0 spiro atoms. The first kappa shape index (κ1) is 16.3. The molecule has 134 valence electrons. The van der Waals surface area contributed by atoms with E-state index in [1.165, 1.54) is 10.8 Å². The van der Waals surface area contributed by atoms with Crippen molar-refractivity contribution < 1.29 is 14.3 Å². The van der Waals surface area contributed by atoms with Crippen LogP contribution >= 0.6 is 0 Å². The van der Waals surface area contributed by atoms with Crippen LogP contribution in [0.1, 0.15) is 25.0 Å². The fourth-order valence-electron chi connectivity index (χ4n) is 2.86. The molecule has 26 heavy (non-hydrogen) atoms. The topological polar surface area (TPSA) is 90.6 Å². The summed E-state index contributed by atoms with van der Waals surface area (Å²) in [5, 5.41) is 6.99. The number of nitrogens with one attached hydrogen (secondary N) is 1. The summed E-state index contributed by atoms with van der Waals surface area (Å²) in [7, 11) is 0. The van der Waals surface area contributed by atoms with Gasteiger partial charge in [-0.3, -0.25) is 4.79 Å². The molecule has 8 nitrogen and oxygen atoms in total. The van der Waals surface area contributed by atoms with Crippen molar-refractivity contribution in [2.24, 2.45) is 0 Å². The molecule has 4 rings (SSSR count). The molecule has 1 aromatic carbocycles. The van der Waals surface area contributed by atoms with E-state index in [2.05, 4.69) is 20.4 Å². The van der Waals surface area contributed by atoms with Crippen LogP contribution in [0.4, 0.5) is 0 Å². The minimum atomic E-state index is -0.443. The Morgan fingerprint density at radius 3 is 2.85 bits per heavy atom. The lowest BCUT2D eigenvalue weighted by Crippen LogP contribution is -2.36. The van der Waals surface area contributed by atoms with Crippen LogP contribution in [0.5, 0.6) is 17.4 Å².